The Bertz CT molecular complexity index is 460. The van der Waals surface area contributed by atoms with Crippen LogP contribution in [0.25, 0.3) is 6.08 Å². The normalized spacial score (nSPS) is 11.2. The van der Waals surface area contributed by atoms with E-state index in [1.165, 1.54) is 6.08 Å². The monoisotopic (exact) mass is 234 g/mol. The topological polar surface area (TPSA) is 74.6 Å². The molecule has 0 aliphatic heterocycles. The van der Waals surface area contributed by atoms with E-state index in [9.17, 15) is 9.59 Å². The molecule has 0 spiro atoms. The summed E-state index contributed by atoms with van der Waals surface area (Å²) < 4.78 is 0. The van der Waals surface area contributed by atoms with Gasteiger partial charge in [0.2, 0.25) is 0 Å². The molecule has 17 heavy (non-hydrogen) atoms. The SMILES string of the molecule is Cc1ccccc1/C=C(\CCC(=O)O)C(=O)O. The van der Waals surface area contributed by atoms with Crippen LogP contribution in [0.3, 0.4) is 0 Å². The molecule has 1 aromatic rings. The molecule has 0 fully saturated rings. The second-order valence-corrected chi connectivity index (χ2v) is 3.73. The van der Waals surface area contributed by atoms with Crippen LogP contribution in [0.4, 0.5) is 0 Å². The lowest BCUT2D eigenvalue weighted by Gasteiger charge is -2.03. The fraction of sp³-hybridized carbons (Fsp3) is 0.231. The molecule has 0 atom stereocenters. The molecular weight excluding hydrogens is 220 g/mol. The molecule has 1 aromatic carbocycles. The smallest absolute Gasteiger partial charge is 0.331 e. The Kier molecular flexibility index (Phi) is 4.46. The van der Waals surface area contributed by atoms with Gasteiger partial charge in [-0.15, -0.1) is 0 Å². The fourth-order valence-corrected chi connectivity index (χ4v) is 1.42. The Morgan fingerprint density at radius 2 is 1.82 bits per heavy atom. The van der Waals surface area contributed by atoms with Crippen LogP contribution in [0.1, 0.15) is 24.0 Å². The zero-order chi connectivity index (χ0) is 12.8. The van der Waals surface area contributed by atoms with Gasteiger partial charge >= 0.3 is 11.9 Å². The average Bonchev–Trinajstić information content (AvgIpc) is 2.25. The number of benzene rings is 1. The number of aliphatic carboxylic acids is 2. The first-order valence-electron chi connectivity index (χ1n) is 5.22. The summed E-state index contributed by atoms with van der Waals surface area (Å²) in [6.45, 7) is 1.88. The first-order chi connectivity index (χ1) is 8.00. The van der Waals surface area contributed by atoms with E-state index in [4.69, 9.17) is 10.2 Å². The van der Waals surface area contributed by atoms with Gasteiger partial charge in [-0.25, -0.2) is 4.79 Å². The Balaban J connectivity index is 2.94. The summed E-state index contributed by atoms with van der Waals surface area (Å²) in [5, 5.41) is 17.5. The summed E-state index contributed by atoms with van der Waals surface area (Å²) in [5.74, 6) is -2.07. The van der Waals surface area contributed by atoms with Gasteiger partial charge in [0.15, 0.2) is 0 Å². The van der Waals surface area contributed by atoms with Crippen molar-refractivity contribution >= 4 is 18.0 Å². The van der Waals surface area contributed by atoms with Gasteiger partial charge in [0, 0.05) is 12.0 Å². The Hall–Kier alpha value is -2.10. The minimum atomic E-state index is -1.07. The molecule has 0 aromatic heterocycles. The molecule has 0 saturated carbocycles. The van der Waals surface area contributed by atoms with Gasteiger partial charge in [0.05, 0.1) is 0 Å². The molecule has 4 nitrogen and oxygen atoms in total. The molecule has 4 heteroatoms. The van der Waals surface area contributed by atoms with Crippen molar-refractivity contribution in [2.75, 3.05) is 0 Å². The number of hydrogen-bond donors (Lipinski definition) is 2. The maximum Gasteiger partial charge on any atom is 0.331 e. The van der Waals surface area contributed by atoms with E-state index < -0.39 is 11.9 Å². The maximum atomic E-state index is 11.0. The summed E-state index contributed by atoms with van der Waals surface area (Å²) in [6.07, 6.45) is 1.38. The number of carbonyl (C=O) groups is 2. The molecule has 0 saturated heterocycles. The third-order valence-electron chi connectivity index (χ3n) is 2.40. The Morgan fingerprint density at radius 1 is 1.18 bits per heavy atom. The molecule has 0 aliphatic carbocycles. The van der Waals surface area contributed by atoms with E-state index in [1.807, 2.05) is 25.1 Å². The highest BCUT2D eigenvalue weighted by Gasteiger charge is 2.10. The van der Waals surface area contributed by atoms with Gasteiger partial charge in [-0.3, -0.25) is 4.79 Å². The van der Waals surface area contributed by atoms with Crippen LogP contribution < -0.4 is 0 Å². The van der Waals surface area contributed by atoms with Crippen LogP contribution in [0.5, 0.6) is 0 Å². The predicted molar refractivity (Wildman–Crippen MR) is 63.7 cm³/mol. The van der Waals surface area contributed by atoms with E-state index in [0.717, 1.165) is 11.1 Å². The maximum absolute atomic E-state index is 11.0. The van der Waals surface area contributed by atoms with Gasteiger partial charge in [-0.05, 0) is 30.5 Å². The zero-order valence-electron chi connectivity index (χ0n) is 9.51. The van der Waals surface area contributed by atoms with Crippen LogP contribution in [0, 0.1) is 6.92 Å². The molecule has 90 valence electrons. The van der Waals surface area contributed by atoms with Crippen LogP contribution >= 0.6 is 0 Å². The first-order valence-corrected chi connectivity index (χ1v) is 5.22. The Labute approximate surface area is 99.2 Å². The van der Waals surface area contributed by atoms with Gasteiger partial charge in [0.1, 0.15) is 0 Å². The molecule has 2 N–H and O–H groups in total. The lowest BCUT2D eigenvalue weighted by molar-refractivity contribution is -0.137. The lowest BCUT2D eigenvalue weighted by atomic mass is 10.0. The highest BCUT2D eigenvalue weighted by Crippen LogP contribution is 2.15. The standard InChI is InChI=1S/C13H14O4/c1-9-4-2-3-5-10(9)8-11(13(16)17)6-7-12(14)15/h2-5,8H,6-7H2,1H3,(H,14,15)(H,16,17)/b11-8+. The summed E-state index contributed by atoms with van der Waals surface area (Å²) in [4.78, 5) is 21.4. The molecule has 0 amide bonds. The van der Waals surface area contributed by atoms with Crippen molar-refractivity contribution in [3.63, 3.8) is 0 Å². The summed E-state index contributed by atoms with van der Waals surface area (Å²) in [7, 11) is 0. The van der Waals surface area contributed by atoms with Crippen molar-refractivity contribution < 1.29 is 19.8 Å². The van der Waals surface area contributed by atoms with E-state index >= 15 is 0 Å². The van der Waals surface area contributed by atoms with Crippen LogP contribution in [0.15, 0.2) is 29.8 Å². The first kappa shape index (κ1) is 13.0. The summed E-state index contributed by atoms with van der Waals surface area (Å²) in [6, 6.07) is 7.36. The summed E-state index contributed by atoms with van der Waals surface area (Å²) >= 11 is 0. The van der Waals surface area contributed by atoms with Crippen molar-refractivity contribution in [3.05, 3.63) is 41.0 Å². The number of carboxylic acid groups (broad SMARTS) is 2. The van der Waals surface area contributed by atoms with Crippen molar-refractivity contribution in [1.82, 2.24) is 0 Å². The number of hydrogen-bond acceptors (Lipinski definition) is 2. The molecule has 0 aliphatic rings. The predicted octanol–water partition coefficient (Wildman–Crippen LogP) is 2.33. The van der Waals surface area contributed by atoms with Crippen molar-refractivity contribution in [2.24, 2.45) is 0 Å². The van der Waals surface area contributed by atoms with E-state index in [1.54, 1.807) is 6.07 Å². The van der Waals surface area contributed by atoms with E-state index in [2.05, 4.69) is 0 Å². The number of rotatable bonds is 5. The molecule has 0 bridgehead atoms. The Morgan fingerprint density at radius 3 is 2.35 bits per heavy atom. The van der Waals surface area contributed by atoms with E-state index in [-0.39, 0.29) is 18.4 Å². The molecular formula is C13H14O4. The summed E-state index contributed by atoms with van der Waals surface area (Å²) in [5.41, 5.74) is 1.87. The van der Waals surface area contributed by atoms with Crippen molar-refractivity contribution in [2.45, 2.75) is 19.8 Å². The van der Waals surface area contributed by atoms with Crippen LogP contribution in [-0.2, 0) is 9.59 Å². The zero-order valence-corrected chi connectivity index (χ0v) is 9.51. The second-order valence-electron chi connectivity index (χ2n) is 3.73. The number of aryl methyl sites for hydroxylation is 1. The molecule has 1 rings (SSSR count). The van der Waals surface area contributed by atoms with Crippen molar-refractivity contribution in [1.29, 1.82) is 0 Å². The van der Waals surface area contributed by atoms with Gasteiger partial charge < -0.3 is 10.2 Å². The molecule has 0 unspecified atom stereocenters. The second kappa shape index (κ2) is 5.84. The third-order valence-corrected chi connectivity index (χ3v) is 2.40. The largest absolute Gasteiger partial charge is 0.481 e. The quantitative estimate of drug-likeness (QED) is 0.767. The number of carboxylic acids is 2. The minimum absolute atomic E-state index is 0.0268. The minimum Gasteiger partial charge on any atom is -0.481 e. The van der Waals surface area contributed by atoms with Gasteiger partial charge in [0.25, 0.3) is 0 Å². The van der Waals surface area contributed by atoms with E-state index in [0.29, 0.717) is 0 Å². The highest BCUT2D eigenvalue weighted by atomic mass is 16.4. The van der Waals surface area contributed by atoms with Gasteiger partial charge in [-0.2, -0.15) is 0 Å². The van der Waals surface area contributed by atoms with Crippen LogP contribution in [-0.4, -0.2) is 22.2 Å². The lowest BCUT2D eigenvalue weighted by Crippen LogP contribution is -2.04. The average molecular weight is 234 g/mol. The molecule has 0 radical (unpaired) electrons. The van der Waals surface area contributed by atoms with Crippen LogP contribution in [0.2, 0.25) is 0 Å². The van der Waals surface area contributed by atoms with Crippen molar-refractivity contribution in [3.8, 4) is 0 Å². The molecule has 0 heterocycles. The fourth-order valence-electron chi connectivity index (χ4n) is 1.42. The third kappa shape index (κ3) is 4.10. The van der Waals surface area contributed by atoms with Gasteiger partial charge in [-0.1, -0.05) is 24.3 Å². The highest BCUT2D eigenvalue weighted by molar-refractivity contribution is 5.92.